The molecule has 0 aliphatic heterocycles. The summed E-state index contributed by atoms with van der Waals surface area (Å²) in [5.41, 5.74) is 12.3. The van der Waals surface area contributed by atoms with Crippen LogP contribution in [0.2, 0.25) is 0 Å². The molecule has 0 bridgehead atoms. The van der Waals surface area contributed by atoms with Crippen LogP contribution in [0.4, 0.5) is 5.69 Å². The molecular formula is C12H14N4O3. The second kappa shape index (κ2) is 4.99. The molecule has 1 unspecified atom stereocenters. The predicted molar refractivity (Wildman–Crippen MR) is 70.2 cm³/mol. The van der Waals surface area contributed by atoms with E-state index in [2.05, 4.69) is 10.3 Å². The maximum absolute atomic E-state index is 11.9. The largest absolute Gasteiger partial charge is 0.399 e. The highest BCUT2D eigenvalue weighted by atomic mass is 16.3. The van der Waals surface area contributed by atoms with Crippen molar-refractivity contribution in [3.8, 4) is 0 Å². The fourth-order valence-electron chi connectivity index (χ4n) is 1.71. The number of primary amides is 1. The summed E-state index contributed by atoms with van der Waals surface area (Å²) >= 11 is 0. The number of carbonyl (C=O) groups is 2. The number of amides is 2. The van der Waals surface area contributed by atoms with E-state index >= 15 is 0 Å². The molecule has 2 aromatic rings. The van der Waals surface area contributed by atoms with E-state index in [-0.39, 0.29) is 6.54 Å². The molecule has 0 aliphatic rings. The second-order valence-electron chi connectivity index (χ2n) is 4.14. The van der Waals surface area contributed by atoms with Gasteiger partial charge in [-0.05, 0) is 18.2 Å². The molecule has 1 aromatic carbocycles. The van der Waals surface area contributed by atoms with Gasteiger partial charge in [-0.25, -0.2) is 0 Å². The van der Waals surface area contributed by atoms with Gasteiger partial charge < -0.3 is 26.9 Å². The van der Waals surface area contributed by atoms with Crippen molar-refractivity contribution in [1.82, 2.24) is 10.3 Å². The zero-order chi connectivity index (χ0) is 14.0. The number of H-pyrrole nitrogens is 1. The Morgan fingerprint density at radius 2 is 2.16 bits per heavy atom. The van der Waals surface area contributed by atoms with Gasteiger partial charge >= 0.3 is 0 Å². The van der Waals surface area contributed by atoms with Crippen LogP contribution in [0, 0.1) is 0 Å². The maximum Gasteiger partial charge on any atom is 0.253 e. The number of rotatable bonds is 4. The van der Waals surface area contributed by atoms with Crippen molar-refractivity contribution in [3.05, 3.63) is 30.0 Å². The zero-order valence-electron chi connectivity index (χ0n) is 10.0. The number of aliphatic hydroxyl groups is 1. The van der Waals surface area contributed by atoms with Crippen molar-refractivity contribution < 1.29 is 14.7 Å². The van der Waals surface area contributed by atoms with Gasteiger partial charge in [-0.2, -0.15) is 0 Å². The van der Waals surface area contributed by atoms with Crippen LogP contribution in [-0.2, 0) is 4.79 Å². The number of hydrogen-bond donors (Lipinski definition) is 5. The Hall–Kier alpha value is -2.54. The first-order chi connectivity index (χ1) is 8.99. The highest BCUT2D eigenvalue weighted by Gasteiger charge is 2.15. The minimum Gasteiger partial charge on any atom is -0.399 e. The van der Waals surface area contributed by atoms with E-state index in [1.165, 1.54) is 6.20 Å². The lowest BCUT2D eigenvalue weighted by molar-refractivity contribution is -0.125. The first-order valence-corrected chi connectivity index (χ1v) is 5.61. The van der Waals surface area contributed by atoms with Crippen molar-refractivity contribution in [2.75, 3.05) is 12.3 Å². The van der Waals surface area contributed by atoms with E-state index in [0.717, 1.165) is 5.52 Å². The van der Waals surface area contributed by atoms with Crippen molar-refractivity contribution in [3.63, 3.8) is 0 Å². The molecule has 0 saturated heterocycles. The van der Waals surface area contributed by atoms with Gasteiger partial charge in [0.1, 0.15) is 6.10 Å². The first kappa shape index (κ1) is 12.9. The number of nitrogen functional groups attached to an aromatic ring is 1. The summed E-state index contributed by atoms with van der Waals surface area (Å²) in [6.07, 6.45) is 0.134. The lowest BCUT2D eigenvalue weighted by Crippen LogP contribution is -2.39. The van der Waals surface area contributed by atoms with Crippen LogP contribution in [0.5, 0.6) is 0 Å². The average Bonchev–Trinajstić information content (AvgIpc) is 2.78. The van der Waals surface area contributed by atoms with Crippen LogP contribution < -0.4 is 16.8 Å². The number of benzene rings is 1. The third kappa shape index (κ3) is 2.66. The molecule has 2 rings (SSSR count). The molecule has 2 amide bonds. The molecule has 1 aromatic heterocycles. The molecular weight excluding hydrogens is 248 g/mol. The van der Waals surface area contributed by atoms with Gasteiger partial charge in [0.2, 0.25) is 5.91 Å². The van der Waals surface area contributed by atoms with Gasteiger partial charge in [-0.1, -0.05) is 0 Å². The number of anilines is 1. The molecule has 0 saturated carbocycles. The Balaban J connectivity index is 2.17. The Kier molecular flexibility index (Phi) is 3.39. The molecule has 1 atom stereocenters. The van der Waals surface area contributed by atoms with E-state index in [4.69, 9.17) is 11.5 Å². The average molecular weight is 262 g/mol. The van der Waals surface area contributed by atoms with Crippen molar-refractivity contribution in [2.24, 2.45) is 5.73 Å². The summed E-state index contributed by atoms with van der Waals surface area (Å²) in [6.45, 7) is -0.233. The quantitative estimate of drug-likeness (QED) is 0.467. The Morgan fingerprint density at radius 1 is 1.42 bits per heavy atom. The minimum atomic E-state index is -1.40. The molecule has 100 valence electrons. The maximum atomic E-state index is 11.9. The number of fused-ring (bicyclic) bond motifs is 1. The SMILES string of the molecule is NC(=O)C(O)CNC(=O)c1c[nH]c2ccc(N)cc12. The monoisotopic (exact) mass is 262 g/mol. The molecule has 0 spiro atoms. The van der Waals surface area contributed by atoms with Gasteiger partial charge in [0.15, 0.2) is 0 Å². The first-order valence-electron chi connectivity index (χ1n) is 5.61. The highest BCUT2D eigenvalue weighted by Crippen LogP contribution is 2.20. The van der Waals surface area contributed by atoms with E-state index in [1.807, 2.05) is 0 Å². The number of carbonyl (C=O) groups excluding carboxylic acids is 2. The third-order valence-electron chi connectivity index (χ3n) is 2.73. The number of nitrogens with one attached hydrogen (secondary N) is 2. The fraction of sp³-hybridized carbons (Fsp3) is 0.167. The molecule has 7 heteroatoms. The van der Waals surface area contributed by atoms with Gasteiger partial charge in [0, 0.05) is 22.8 Å². The number of aromatic amines is 1. The van der Waals surface area contributed by atoms with E-state index in [9.17, 15) is 14.7 Å². The van der Waals surface area contributed by atoms with E-state index in [0.29, 0.717) is 16.6 Å². The van der Waals surface area contributed by atoms with Crippen LogP contribution in [0.1, 0.15) is 10.4 Å². The smallest absolute Gasteiger partial charge is 0.253 e. The number of aromatic nitrogens is 1. The standard InChI is InChI=1S/C12H14N4O3/c13-6-1-2-9-7(3-6)8(4-15-9)12(19)16-5-10(17)11(14)18/h1-4,10,15,17H,5,13H2,(H2,14,18)(H,16,19). The molecule has 7 N–H and O–H groups in total. The molecule has 19 heavy (non-hydrogen) atoms. The van der Waals surface area contributed by atoms with Crippen molar-refractivity contribution in [1.29, 1.82) is 0 Å². The molecule has 1 heterocycles. The lowest BCUT2D eigenvalue weighted by Gasteiger charge is -2.07. The van der Waals surface area contributed by atoms with Gasteiger partial charge in [0.05, 0.1) is 12.1 Å². The highest BCUT2D eigenvalue weighted by molar-refractivity contribution is 6.07. The van der Waals surface area contributed by atoms with Crippen molar-refractivity contribution >= 4 is 28.4 Å². The van der Waals surface area contributed by atoms with Crippen LogP contribution in [0.3, 0.4) is 0 Å². The zero-order valence-corrected chi connectivity index (χ0v) is 10.0. The second-order valence-corrected chi connectivity index (χ2v) is 4.14. The fourth-order valence-corrected chi connectivity index (χ4v) is 1.71. The van der Waals surface area contributed by atoms with Gasteiger partial charge in [0.25, 0.3) is 5.91 Å². The number of hydrogen-bond acceptors (Lipinski definition) is 4. The Bertz CT molecular complexity index is 635. The summed E-state index contributed by atoms with van der Waals surface area (Å²) < 4.78 is 0. The van der Waals surface area contributed by atoms with Crippen molar-refractivity contribution in [2.45, 2.75) is 6.10 Å². The summed E-state index contributed by atoms with van der Waals surface area (Å²) in [5.74, 6) is -1.30. The third-order valence-corrected chi connectivity index (χ3v) is 2.73. The van der Waals surface area contributed by atoms with Crippen LogP contribution in [0.25, 0.3) is 10.9 Å². The van der Waals surface area contributed by atoms with E-state index < -0.39 is 17.9 Å². The lowest BCUT2D eigenvalue weighted by atomic mass is 10.1. The molecule has 0 fully saturated rings. The van der Waals surface area contributed by atoms with Gasteiger partial charge in [-0.15, -0.1) is 0 Å². The predicted octanol–water partition coefficient (Wildman–Crippen LogP) is -0.674. The van der Waals surface area contributed by atoms with Crippen LogP contribution in [0.15, 0.2) is 24.4 Å². The number of nitrogens with two attached hydrogens (primary N) is 2. The van der Waals surface area contributed by atoms with Crippen LogP contribution in [-0.4, -0.2) is 34.6 Å². The summed E-state index contributed by atoms with van der Waals surface area (Å²) in [4.78, 5) is 25.5. The summed E-state index contributed by atoms with van der Waals surface area (Å²) in [5, 5.41) is 12.3. The van der Waals surface area contributed by atoms with E-state index in [1.54, 1.807) is 18.2 Å². The Morgan fingerprint density at radius 3 is 2.84 bits per heavy atom. The normalized spacial score (nSPS) is 12.3. The number of aliphatic hydroxyl groups excluding tert-OH is 1. The summed E-state index contributed by atoms with van der Waals surface area (Å²) in [6, 6.07) is 5.16. The molecule has 0 aliphatic carbocycles. The van der Waals surface area contributed by atoms with Crippen LogP contribution >= 0.6 is 0 Å². The van der Waals surface area contributed by atoms with Gasteiger partial charge in [-0.3, -0.25) is 9.59 Å². The molecule has 0 radical (unpaired) electrons. The summed E-state index contributed by atoms with van der Waals surface area (Å²) in [7, 11) is 0. The molecule has 7 nitrogen and oxygen atoms in total. The Labute approximate surface area is 108 Å². The minimum absolute atomic E-state index is 0.233. The topological polar surface area (TPSA) is 134 Å².